The van der Waals surface area contributed by atoms with Crippen molar-refractivity contribution < 1.29 is 19.8 Å². The summed E-state index contributed by atoms with van der Waals surface area (Å²) >= 11 is 0. The number of rotatable bonds is 4. The summed E-state index contributed by atoms with van der Waals surface area (Å²) < 4.78 is 0. The molecule has 0 saturated carbocycles. The van der Waals surface area contributed by atoms with E-state index in [1.807, 2.05) is 0 Å². The molecule has 0 aliphatic rings. The number of phenolic OH excluding ortho intramolecular Hbond substituents is 1. The van der Waals surface area contributed by atoms with Gasteiger partial charge in [-0.2, -0.15) is 0 Å². The van der Waals surface area contributed by atoms with E-state index in [9.17, 15) is 14.7 Å². The molecule has 0 atom stereocenters. The molecule has 3 N–H and O–H groups in total. The minimum Gasteiger partial charge on any atom is -0.508 e. The molecule has 0 fully saturated rings. The highest BCUT2D eigenvalue weighted by molar-refractivity contribution is 5.94. The van der Waals surface area contributed by atoms with E-state index < -0.39 is 5.97 Å². The van der Waals surface area contributed by atoms with Gasteiger partial charge in [0.05, 0.1) is 23.9 Å². The molecule has 6 nitrogen and oxygen atoms in total. The first-order chi connectivity index (χ1) is 9.56. The molecule has 0 saturated heterocycles. The number of aromatic nitrogens is 1. The third kappa shape index (κ3) is 3.32. The minimum atomic E-state index is -1.12. The highest BCUT2D eigenvalue weighted by Gasteiger charge is 2.09. The predicted octanol–water partition coefficient (Wildman–Crippen LogP) is 1.67. The van der Waals surface area contributed by atoms with Gasteiger partial charge in [0, 0.05) is 11.8 Å². The number of nitrogens with zero attached hydrogens (tertiary/aromatic N) is 1. The molecular formula is C14H12N2O4. The highest BCUT2D eigenvalue weighted by Crippen LogP contribution is 2.17. The lowest BCUT2D eigenvalue weighted by molar-refractivity contribution is -0.115. The summed E-state index contributed by atoms with van der Waals surface area (Å²) in [6, 6.07) is 7.83. The lowest BCUT2D eigenvalue weighted by Gasteiger charge is -2.06. The second-order valence-electron chi connectivity index (χ2n) is 4.12. The number of aromatic carboxylic acids is 1. The number of hydrogen-bond acceptors (Lipinski definition) is 4. The third-order valence-corrected chi connectivity index (χ3v) is 2.61. The monoisotopic (exact) mass is 272 g/mol. The van der Waals surface area contributed by atoms with E-state index >= 15 is 0 Å². The van der Waals surface area contributed by atoms with Gasteiger partial charge in [-0.15, -0.1) is 0 Å². The normalized spacial score (nSPS) is 10.0. The van der Waals surface area contributed by atoms with Gasteiger partial charge in [-0.25, -0.2) is 4.79 Å². The molecule has 1 heterocycles. The number of aromatic hydroxyl groups is 1. The topological polar surface area (TPSA) is 99.5 Å². The quantitative estimate of drug-likeness (QED) is 0.786. The molecule has 1 aromatic carbocycles. The van der Waals surface area contributed by atoms with Crippen molar-refractivity contribution in [3.05, 3.63) is 53.9 Å². The first kappa shape index (κ1) is 13.5. The van der Waals surface area contributed by atoms with Crippen LogP contribution in [-0.2, 0) is 11.2 Å². The van der Waals surface area contributed by atoms with Gasteiger partial charge in [0.2, 0.25) is 5.91 Å². The second kappa shape index (κ2) is 5.83. The Bertz CT molecular complexity index is 655. The van der Waals surface area contributed by atoms with Crippen molar-refractivity contribution in [1.82, 2.24) is 4.98 Å². The van der Waals surface area contributed by atoms with Gasteiger partial charge >= 0.3 is 5.97 Å². The Hall–Kier alpha value is -2.89. The number of hydrogen-bond donors (Lipinski definition) is 3. The second-order valence-corrected chi connectivity index (χ2v) is 4.12. The summed E-state index contributed by atoms with van der Waals surface area (Å²) in [7, 11) is 0. The number of pyridine rings is 1. The number of anilines is 1. The average molecular weight is 272 g/mol. The van der Waals surface area contributed by atoms with Crippen LogP contribution in [-0.4, -0.2) is 27.1 Å². The summed E-state index contributed by atoms with van der Waals surface area (Å²) in [5, 5.41) is 20.9. The molecule has 0 unspecified atom stereocenters. The fourth-order valence-corrected chi connectivity index (χ4v) is 1.66. The van der Waals surface area contributed by atoms with Crippen molar-refractivity contribution in [1.29, 1.82) is 0 Å². The van der Waals surface area contributed by atoms with Crippen molar-refractivity contribution in [2.24, 2.45) is 0 Å². The van der Waals surface area contributed by atoms with Crippen LogP contribution in [0.3, 0.4) is 0 Å². The highest BCUT2D eigenvalue weighted by atomic mass is 16.4. The number of carbonyl (C=O) groups is 2. The van der Waals surface area contributed by atoms with Crippen molar-refractivity contribution in [2.75, 3.05) is 5.32 Å². The molecule has 0 aliphatic carbocycles. The zero-order valence-electron chi connectivity index (χ0n) is 10.4. The van der Waals surface area contributed by atoms with Crippen molar-refractivity contribution >= 4 is 17.6 Å². The van der Waals surface area contributed by atoms with Gasteiger partial charge in [0.1, 0.15) is 5.75 Å². The van der Waals surface area contributed by atoms with E-state index in [4.69, 9.17) is 5.11 Å². The molecule has 20 heavy (non-hydrogen) atoms. The molecule has 0 spiro atoms. The van der Waals surface area contributed by atoms with E-state index in [1.54, 1.807) is 18.2 Å². The first-order valence-electron chi connectivity index (χ1n) is 5.81. The minimum absolute atomic E-state index is 0.00893. The number of carboxylic acids is 1. The average Bonchev–Trinajstić information content (AvgIpc) is 2.41. The number of carboxylic acid groups (broad SMARTS) is 1. The van der Waals surface area contributed by atoms with Gasteiger partial charge in [-0.1, -0.05) is 18.2 Å². The fourth-order valence-electron chi connectivity index (χ4n) is 1.66. The van der Waals surface area contributed by atoms with E-state index in [0.717, 1.165) is 0 Å². The zero-order valence-corrected chi connectivity index (χ0v) is 10.4. The standard InChI is InChI=1S/C14H12N2O4/c17-12-4-2-1-3-9(12)6-13(18)16-11-5-10(14(19)20)7-15-8-11/h1-5,7-8,17H,6H2,(H,16,18)(H,19,20). The fraction of sp³-hybridized carbons (Fsp3) is 0.0714. The van der Waals surface area contributed by atoms with Crippen LogP contribution in [0.2, 0.25) is 0 Å². The largest absolute Gasteiger partial charge is 0.508 e. The Balaban J connectivity index is 2.07. The summed E-state index contributed by atoms with van der Waals surface area (Å²) in [5.41, 5.74) is 0.781. The summed E-state index contributed by atoms with van der Waals surface area (Å²) in [6.45, 7) is 0. The molecule has 2 rings (SSSR count). The maximum atomic E-state index is 11.8. The molecule has 1 aromatic heterocycles. The van der Waals surface area contributed by atoms with Crippen LogP contribution in [0.4, 0.5) is 5.69 Å². The lowest BCUT2D eigenvalue weighted by atomic mass is 10.1. The van der Waals surface area contributed by atoms with Gasteiger partial charge in [-0.05, 0) is 12.1 Å². The van der Waals surface area contributed by atoms with Crippen molar-refractivity contribution in [3.8, 4) is 5.75 Å². The number of para-hydroxylation sites is 1. The summed E-state index contributed by atoms with van der Waals surface area (Å²) in [4.78, 5) is 26.3. The molecule has 1 amide bonds. The van der Waals surface area contributed by atoms with Crippen molar-refractivity contribution in [2.45, 2.75) is 6.42 Å². The maximum absolute atomic E-state index is 11.8. The molecule has 102 valence electrons. The van der Waals surface area contributed by atoms with E-state index in [2.05, 4.69) is 10.3 Å². The van der Waals surface area contributed by atoms with Crippen LogP contribution in [0.25, 0.3) is 0 Å². The van der Waals surface area contributed by atoms with Crippen LogP contribution in [0.1, 0.15) is 15.9 Å². The van der Waals surface area contributed by atoms with Gasteiger partial charge in [0.25, 0.3) is 0 Å². The zero-order chi connectivity index (χ0) is 14.5. The Labute approximate surface area is 114 Å². The van der Waals surface area contributed by atoms with Crippen LogP contribution >= 0.6 is 0 Å². The van der Waals surface area contributed by atoms with Crippen LogP contribution in [0.15, 0.2) is 42.7 Å². The number of benzene rings is 1. The number of nitrogens with one attached hydrogen (secondary N) is 1. The molecular weight excluding hydrogens is 260 g/mol. The first-order valence-corrected chi connectivity index (χ1v) is 5.81. The predicted molar refractivity (Wildman–Crippen MR) is 71.6 cm³/mol. The molecule has 0 bridgehead atoms. The Morgan fingerprint density at radius 1 is 1.20 bits per heavy atom. The van der Waals surface area contributed by atoms with Crippen LogP contribution in [0, 0.1) is 0 Å². The van der Waals surface area contributed by atoms with Gasteiger partial charge in [0.15, 0.2) is 0 Å². The van der Waals surface area contributed by atoms with Gasteiger partial charge < -0.3 is 15.5 Å². The Morgan fingerprint density at radius 3 is 2.65 bits per heavy atom. The van der Waals surface area contributed by atoms with E-state index in [-0.39, 0.29) is 23.6 Å². The lowest BCUT2D eigenvalue weighted by Crippen LogP contribution is -2.15. The summed E-state index contributed by atoms with van der Waals surface area (Å²) in [6.07, 6.45) is 2.54. The van der Waals surface area contributed by atoms with Gasteiger partial charge in [-0.3, -0.25) is 9.78 Å². The molecule has 0 aliphatic heterocycles. The molecule has 2 aromatic rings. The van der Waals surface area contributed by atoms with Crippen LogP contribution < -0.4 is 5.32 Å². The molecule has 0 radical (unpaired) electrons. The molecule has 6 heteroatoms. The van der Waals surface area contributed by atoms with Crippen molar-refractivity contribution in [3.63, 3.8) is 0 Å². The smallest absolute Gasteiger partial charge is 0.337 e. The number of amides is 1. The SMILES string of the molecule is O=C(Cc1ccccc1O)Nc1cncc(C(=O)O)c1. The van der Waals surface area contributed by atoms with E-state index in [0.29, 0.717) is 11.3 Å². The summed E-state index contributed by atoms with van der Waals surface area (Å²) in [5.74, 6) is -1.44. The Morgan fingerprint density at radius 2 is 1.95 bits per heavy atom. The number of carbonyl (C=O) groups excluding carboxylic acids is 1. The Kier molecular flexibility index (Phi) is 3.95. The van der Waals surface area contributed by atoms with Crippen LogP contribution in [0.5, 0.6) is 5.75 Å². The van der Waals surface area contributed by atoms with E-state index in [1.165, 1.54) is 24.5 Å². The maximum Gasteiger partial charge on any atom is 0.337 e. The number of phenols is 1. The third-order valence-electron chi connectivity index (χ3n) is 2.61.